The van der Waals surface area contributed by atoms with Crippen molar-refractivity contribution in [1.29, 1.82) is 0 Å². The highest BCUT2D eigenvalue weighted by atomic mass is 15.3. The van der Waals surface area contributed by atoms with Crippen LogP contribution in [0.2, 0.25) is 0 Å². The monoisotopic (exact) mass is 225 g/mol. The number of hydrogen-bond acceptors (Lipinski definition) is 1. The minimum Gasteiger partial charge on any atom is -0.370 e. The molecular weight excluding hydrogens is 198 g/mol. The molecule has 0 radical (unpaired) electrons. The zero-order chi connectivity index (χ0) is 12.1. The molecule has 1 aliphatic rings. The summed E-state index contributed by atoms with van der Waals surface area (Å²) in [6.45, 7) is 10.9. The minimum atomic E-state index is 0.296. The van der Waals surface area contributed by atoms with Gasteiger partial charge in [-0.05, 0) is 44.9 Å². The topological polar surface area (TPSA) is 41.6 Å². The van der Waals surface area contributed by atoms with E-state index in [0.29, 0.717) is 6.04 Å². The van der Waals surface area contributed by atoms with Gasteiger partial charge < -0.3 is 10.6 Å². The molecule has 3 nitrogen and oxygen atoms in total. The van der Waals surface area contributed by atoms with Gasteiger partial charge in [0.2, 0.25) is 0 Å². The van der Waals surface area contributed by atoms with Gasteiger partial charge in [0.1, 0.15) is 0 Å². The second-order valence-electron chi connectivity index (χ2n) is 5.50. The fourth-order valence-electron chi connectivity index (χ4n) is 2.36. The molecule has 1 rings (SSSR count). The van der Waals surface area contributed by atoms with Crippen LogP contribution in [-0.2, 0) is 0 Å². The Morgan fingerprint density at radius 1 is 1.19 bits per heavy atom. The Balaban J connectivity index is 2.53. The summed E-state index contributed by atoms with van der Waals surface area (Å²) in [5.74, 6) is 2.39. The van der Waals surface area contributed by atoms with E-state index in [1.54, 1.807) is 0 Å². The predicted octanol–water partition coefficient (Wildman–Crippen LogP) is 2.47. The minimum absolute atomic E-state index is 0.296. The van der Waals surface area contributed by atoms with Crippen LogP contribution < -0.4 is 5.73 Å². The molecular formula is C13H27N3. The van der Waals surface area contributed by atoms with Crippen molar-refractivity contribution in [1.82, 2.24) is 4.90 Å². The Bertz CT molecular complexity index is 233. The molecule has 0 aromatic carbocycles. The molecule has 94 valence electrons. The van der Waals surface area contributed by atoms with Gasteiger partial charge in [0.05, 0.1) is 0 Å². The molecule has 3 heteroatoms. The zero-order valence-corrected chi connectivity index (χ0v) is 11.2. The smallest absolute Gasteiger partial charge is 0.191 e. The molecule has 1 saturated heterocycles. The molecule has 1 heterocycles. The first-order valence-corrected chi connectivity index (χ1v) is 6.59. The van der Waals surface area contributed by atoms with Crippen molar-refractivity contribution in [2.75, 3.05) is 13.1 Å². The van der Waals surface area contributed by atoms with Gasteiger partial charge in [0.25, 0.3) is 0 Å². The highest BCUT2D eigenvalue weighted by Crippen LogP contribution is 2.24. The van der Waals surface area contributed by atoms with E-state index >= 15 is 0 Å². The normalized spacial score (nSPS) is 24.0. The lowest BCUT2D eigenvalue weighted by Crippen LogP contribution is -2.38. The molecule has 2 N–H and O–H groups in total. The van der Waals surface area contributed by atoms with Crippen LogP contribution in [0.4, 0.5) is 0 Å². The molecule has 0 aromatic rings. The van der Waals surface area contributed by atoms with Crippen LogP contribution in [0.1, 0.15) is 47.0 Å². The van der Waals surface area contributed by atoms with Crippen molar-refractivity contribution in [2.24, 2.45) is 22.6 Å². The largest absolute Gasteiger partial charge is 0.370 e. The van der Waals surface area contributed by atoms with E-state index in [-0.39, 0.29) is 0 Å². The summed E-state index contributed by atoms with van der Waals surface area (Å²) in [5, 5.41) is 0. The van der Waals surface area contributed by atoms with Gasteiger partial charge in [0, 0.05) is 19.1 Å². The molecule has 0 bridgehead atoms. The second-order valence-corrected chi connectivity index (χ2v) is 5.50. The summed E-state index contributed by atoms with van der Waals surface area (Å²) < 4.78 is 0. The van der Waals surface area contributed by atoms with Crippen LogP contribution in [0.25, 0.3) is 0 Å². The third-order valence-corrected chi connectivity index (χ3v) is 3.43. The highest BCUT2D eigenvalue weighted by molar-refractivity contribution is 5.78. The van der Waals surface area contributed by atoms with Crippen LogP contribution in [0.3, 0.4) is 0 Å². The first-order chi connectivity index (χ1) is 7.50. The molecule has 1 unspecified atom stereocenters. The summed E-state index contributed by atoms with van der Waals surface area (Å²) in [7, 11) is 0. The Morgan fingerprint density at radius 3 is 2.44 bits per heavy atom. The number of guanidine groups is 1. The van der Waals surface area contributed by atoms with Crippen molar-refractivity contribution >= 4 is 5.96 Å². The van der Waals surface area contributed by atoms with Crippen molar-refractivity contribution in [3.8, 4) is 0 Å². The second kappa shape index (κ2) is 6.12. The average Bonchev–Trinajstić information content (AvgIpc) is 2.41. The quantitative estimate of drug-likeness (QED) is 0.579. The number of nitrogens with two attached hydrogens (primary N) is 1. The van der Waals surface area contributed by atoms with Crippen LogP contribution in [-0.4, -0.2) is 30.0 Å². The lowest BCUT2D eigenvalue weighted by molar-refractivity contribution is 0.339. The first-order valence-electron chi connectivity index (χ1n) is 6.59. The Hall–Kier alpha value is -0.730. The van der Waals surface area contributed by atoms with Crippen LogP contribution in [0.5, 0.6) is 0 Å². The maximum atomic E-state index is 6.02. The standard InChI is InChI=1S/C13H27N3/c1-10(2)12-6-5-8-16(9-7-12)13(14)15-11(3)4/h10-12H,5-9H2,1-4H3,(H2,14,15). The third-order valence-electron chi connectivity index (χ3n) is 3.43. The number of likely N-dealkylation sites (tertiary alicyclic amines) is 1. The van der Waals surface area contributed by atoms with Gasteiger partial charge in [-0.3, -0.25) is 4.99 Å². The van der Waals surface area contributed by atoms with E-state index in [1.807, 2.05) is 0 Å². The first kappa shape index (κ1) is 13.3. The number of nitrogens with zero attached hydrogens (tertiary/aromatic N) is 2. The SMILES string of the molecule is CC(C)N=C(N)N1CCCC(C(C)C)CC1. The third kappa shape index (κ3) is 4.03. The molecule has 1 fully saturated rings. The maximum Gasteiger partial charge on any atom is 0.191 e. The molecule has 1 atom stereocenters. The number of hydrogen-bond donors (Lipinski definition) is 1. The Labute approximate surface area is 100 Å². The van der Waals surface area contributed by atoms with Gasteiger partial charge >= 0.3 is 0 Å². The molecule has 0 aliphatic carbocycles. The van der Waals surface area contributed by atoms with Gasteiger partial charge in [-0.15, -0.1) is 0 Å². The van der Waals surface area contributed by atoms with Crippen LogP contribution in [0.15, 0.2) is 4.99 Å². The Kier molecular flexibility index (Phi) is 5.10. The van der Waals surface area contributed by atoms with Crippen LogP contribution >= 0.6 is 0 Å². The highest BCUT2D eigenvalue weighted by Gasteiger charge is 2.20. The van der Waals surface area contributed by atoms with E-state index in [1.165, 1.54) is 19.3 Å². The number of aliphatic imine (C=N–C) groups is 1. The van der Waals surface area contributed by atoms with E-state index in [0.717, 1.165) is 30.9 Å². The molecule has 0 aromatic heterocycles. The van der Waals surface area contributed by atoms with Crippen molar-refractivity contribution < 1.29 is 0 Å². The molecule has 0 spiro atoms. The summed E-state index contributed by atoms with van der Waals surface area (Å²) in [6, 6.07) is 0.296. The van der Waals surface area contributed by atoms with E-state index < -0.39 is 0 Å². The summed E-state index contributed by atoms with van der Waals surface area (Å²) in [6.07, 6.45) is 3.84. The van der Waals surface area contributed by atoms with E-state index in [9.17, 15) is 0 Å². The molecule has 1 aliphatic heterocycles. The fourth-order valence-corrected chi connectivity index (χ4v) is 2.36. The van der Waals surface area contributed by atoms with Gasteiger partial charge in [-0.25, -0.2) is 0 Å². The number of rotatable bonds is 2. The Morgan fingerprint density at radius 2 is 1.88 bits per heavy atom. The summed E-state index contributed by atoms with van der Waals surface area (Å²) in [4.78, 5) is 6.69. The van der Waals surface area contributed by atoms with Gasteiger partial charge in [-0.1, -0.05) is 13.8 Å². The fraction of sp³-hybridized carbons (Fsp3) is 0.923. The van der Waals surface area contributed by atoms with Crippen molar-refractivity contribution in [2.45, 2.75) is 53.0 Å². The summed E-state index contributed by atoms with van der Waals surface area (Å²) in [5.41, 5.74) is 6.02. The van der Waals surface area contributed by atoms with Crippen molar-refractivity contribution in [3.63, 3.8) is 0 Å². The summed E-state index contributed by atoms with van der Waals surface area (Å²) >= 11 is 0. The lowest BCUT2D eigenvalue weighted by Gasteiger charge is -2.22. The van der Waals surface area contributed by atoms with Crippen LogP contribution in [0, 0.1) is 11.8 Å². The maximum absolute atomic E-state index is 6.02. The van der Waals surface area contributed by atoms with E-state index in [2.05, 4.69) is 37.6 Å². The zero-order valence-electron chi connectivity index (χ0n) is 11.2. The lowest BCUT2D eigenvalue weighted by atomic mass is 9.89. The molecule has 0 amide bonds. The predicted molar refractivity (Wildman–Crippen MR) is 70.5 cm³/mol. The molecule has 0 saturated carbocycles. The van der Waals surface area contributed by atoms with Gasteiger partial charge in [0.15, 0.2) is 5.96 Å². The average molecular weight is 225 g/mol. The molecule has 16 heavy (non-hydrogen) atoms. The van der Waals surface area contributed by atoms with Crippen molar-refractivity contribution in [3.05, 3.63) is 0 Å². The van der Waals surface area contributed by atoms with Gasteiger partial charge in [-0.2, -0.15) is 0 Å². The van der Waals surface area contributed by atoms with E-state index in [4.69, 9.17) is 5.73 Å².